The Bertz CT molecular complexity index is 802. The smallest absolute Gasteiger partial charge is 0.254 e. The first-order valence-corrected chi connectivity index (χ1v) is 7.53. The molecule has 0 aromatic heterocycles. The van der Waals surface area contributed by atoms with Crippen molar-refractivity contribution >= 4 is 5.91 Å². The molecule has 1 atom stereocenters. The van der Waals surface area contributed by atoms with Crippen molar-refractivity contribution in [2.45, 2.75) is 12.6 Å². The fourth-order valence-corrected chi connectivity index (χ4v) is 2.37. The Morgan fingerprint density at radius 2 is 2.08 bits per heavy atom. The molecular formula is C19H17F2N2O2. The molecule has 0 aliphatic carbocycles. The average Bonchev–Trinajstić information content (AvgIpc) is 2.60. The van der Waals surface area contributed by atoms with Crippen LogP contribution in [0.15, 0.2) is 42.5 Å². The summed E-state index contributed by atoms with van der Waals surface area (Å²) in [5, 5.41) is 8.98. The van der Waals surface area contributed by atoms with Gasteiger partial charge in [0.2, 0.25) is 0 Å². The second-order valence-corrected chi connectivity index (χ2v) is 5.47. The van der Waals surface area contributed by atoms with Crippen molar-refractivity contribution in [2.75, 3.05) is 13.7 Å². The van der Waals surface area contributed by atoms with Gasteiger partial charge < -0.3 is 9.64 Å². The maximum Gasteiger partial charge on any atom is 0.254 e. The first kappa shape index (κ1) is 18.6. The van der Waals surface area contributed by atoms with E-state index < -0.39 is 23.6 Å². The van der Waals surface area contributed by atoms with Gasteiger partial charge in [-0.05, 0) is 31.2 Å². The molecule has 2 aromatic rings. The molecule has 1 radical (unpaired) electrons. The molecule has 0 spiro atoms. The molecule has 0 N–H and O–H groups in total. The third-order valence-electron chi connectivity index (χ3n) is 3.66. The molecule has 0 saturated carbocycles. The lowest BCUT2D eigenvalue weighted by atomic mass is 10.1. The summed E-state index contributed by atoms with van der Waals surface area (Å²) < 4.78 is 32.1. The highest BCUT2D eigenvalue weighted by Crippen LogP contribution is 2.17. The van der Waals surface area contributed by atoms with E-state index in [1.807, 2.05) is 6.07 Å². The first-order chi connectivity index (χ1) is 12.0. The summed E-state index contributed by atoms with van der Waals surface area (Å²) in [6.45, 7) is 3.93. The van der Waals surface area contributed by atoms with Crippen LogP contribution in [0.5, 0.6) is 0 Å². The van der Waals surface area contributed by atoms with Crippen LogP contribution in [0.2, 0.25) is 0 Å². The molecule has 0 fully saturated rings. The van der Waals surface area contributed by atoms with Gasteiger partial charge >= 0.3 is 0 Å². The standard InChI is InChI=1S/C19H17F2N2O2/c1-13(12-25-2)23(11-16-6-7-17(20)9-18(16)21)19(24)15-5-3-4-14(8-15)10-22/h3-9,13H,1,11-12H2,2H3. The van der Waals surface area contributed by atoms with Gasteiger partial charge in [0.1, 0.15) is 11.6 Å². The largest absolute Gasteiger partial charge is 0.383 e. The SMILES string of the molecule is [CH2]C(COC)N(Cc1ccc(F)cc1F)C(=O)c1cccc(C#N)c1. The van der Waals surface area contributed by atoms with E-state index in [0.29, 0.717) is 5.56 Å². The molecule has 4 nitrogen and oxygen atoms in total. The van der Waals surface area contributed by atoms with E-state index in [0.717, 1.165) is 12.1 Å². The van der Waals surface area contributed by atoms with Crippen LogP contribution < -0.4 is 0 Å². The monoisotopic (exact) mass is 343 g/mol. The van der Waals surface area contributed by atoms with Gasteiger partial charge in [0.25, 0.3) is 5.91 Å². The summed E-state index contributed by atoms with van der Waals surface area (Å²) in [5.74, 6) is -1.85. The highest BCUT2D eigenvalue weighted by Gasteiger charge is 2.23. The van der Waals surface area contributed by atoms with Crippen LogP contribution in [0.3, 0.4) is 0 Å². The zero-order chi connectivity index (χ0) is 18.4. The molecule has 2 rings (SSSR count). The van der Waals surface area contributed by atoms with Gasteiger partial charge in [0.05, 0.1) is 24.3 Å². The van der Waals surface area contributed by atoms with E-state index in [4.69, 9.17) is 10.00 Å². The molecule has 0 bridgehead atoms. The van der Waals surface area contributed by atoms with Crippen molar-refractivity contribution in [3.63, 3.8) is 0 Å². The van der Waals surface area contributed by atoms with Crippen LogP contribution in [0, 0.1) is 29.9 Å². The number of nitriles is 1. The molecule has 6 heteroatoms. The van der Waals surface area contributed by atoms with E-state index in [9.17, 15) is 13.6 Å². The van der Waals surface area contributed by atoms with Crippen LogP contribution in [-0.2, 0) is 11.3 Å². The number of amides is 1. The van der Waals surface area contributed by atoms with E-state index in [2.05, 4.69) is 6.92 Å². The summed E-state index contributed by atoms with van der Waals surface area (Å²) in [4.78, 5) is 14.2. The molecule has 0 aliphatic rings. The highest BCUT2D eigenvalue weighted by atomic mass is 19.1. The van der Waals surface area contributed by atoms with Gasteiger partial charge in [-0.15, -0.1) is 0 Å². The number of carbonyl (C=O) groups excluding carboxylic acids is 1. The molecule has 129 valence electrons. The van der Waals surface area contributed by atoms with Crippen molar-refractivity contribution < 1.29 is 18.3 Å². The Kier molecular flexibility index (Phi) is 6.20. The molecule has 2 aromatic carbocycles. The minimum atomic E-state index is -0.742. The normalized spacial score (nSPS) is 11.6. The number of halogens is 2. The van der Waals surface area contributed by atoms with E-state index in [-0.39, 0.29) is 24.3 Å². The van der Waals surface area contributed by atoms with Gasteiger partial charge in [0, 0.05) is 30.8 Å². The minimum Gasteiger partial charge on any atom is -0.383 e. The molecule has 0 saturated heterocycles. The number of methoxy groups -OCH3 is 1. The second-order valence-electron chi connectivity index (χ2n) is 5.47. The lowest BCUT2D eigenvalue weighted by Crippen LogP contribution is -2.41. The Balaban J connectivity index is 2.34. The lowest BCUT2D eigenvalue weighted by Gasteiger charge is -2.29. The van der Waals surface area contributed by atoms with Crippen molar-refractivity contribution in [1.82, 2.24) is 4.90 Å². The first-order valence-electron chi connectivity index (χ1n) is 7.53. The molecule has 1 amide bonds. The number of hydrogen-bond acceptors (Lipinski definition) is 3. The van der Waals surface area contributed by atoms with Gasteiger partial charge in [-0.1, -0.05) is 12.1 Å². The number of rotatable bonds is 6. The molecule has 25 heavy (non-hydrogen) atoms. The molecule has 0 heterocycles. The van der Waals surface area contributed by atoms with Crippen LogP contribution >= 0.6 is 0 Å². The van der Waals surface area contributed by atoms with Gasteiger partial charge in [-0.25, -0.2) is 8.78 Å². The van der Waals surface area contributed by atoms with Gasteiger partial charge in [-0.2, -0.15) is 5.26 Å². The zero-order valence-corrected chi connectivity index (χ0v) is 13.7. The quantitative estimate of drug-likeness (QED) is 0.808. The number of ether oxygens (including phenoxy) is 1. The Morgan fingerprint density at radius 1 is 1.32 bits per heavy atom. The van der Waals surface area contributed by atoms with Crippen LogP contribution in [-0.4, -0.2) is 30.6 Å². The van der Waals surface area contributed by atoms with Crippen molar-refractivity contribution in [3.8, 4) is 6.07 Å². The predicted molar refractivity (Wildman–Crippen MR) is 88.4 cm³/mol. The summed E-state index contributed by atoms with van der Waals surface area (Å²) in [6, 6.07) is 10.8. The second kappa shape index (κ2) is 8.36. The van der Waals surface area contributed by atoms with Crippen molar-refractivity contribution in [3.05, 3.63) is 77.7 Å². The average molecular weight is 343 g/mol. The van der Waals surface area contributed by atoms with E-state index in [1.54, 1.807) is 18.2 Å². The van der Waals surface area contributed by atoms with Crippen molar-refractivity contribution in [1.29, 1.82) is 5.26 Å². The molecule has 0 aliphatic heterocycles. The summed E-state index contributed by atoms with van der Waals surface area (Å²) in [7, 11) is 1.47. The maximum absolute atomic E-state index is 14.0. The fraction of sp³-hybridized carbons (Fsp3) is 0.211. The van der Waals surface area contributed by atoms with Gasteiger partial charge in [0.15, 0.2) is 0 Å². The maximum atomic E-state index is 14.0. The number of carbonyl (C=O) groups is 1. The Hall–Kier alpha value is -2.78. The third kappa shape index (κ3) is 4.61. The van der Waals surface area contributed by atoms with E-state index >= 15 is 0 Å². The van der Waals surface area contributed by atoms with Crippen molar-refractivity contribution in [2.24, 2.45) is 0 Å². The van der Waals surface area contributed by atoms with Crippen LogP contribution in [0.1, 0.15) is 21.5 Å². The number of hydrogen-bond donors (Lipinski definition) is 0. The van der Waals surface area contributed by atoms with E-state index in [1.165, 1.54) is 24.1 Å². The molecular weight excluding hydrogens is 326 g/mol. The lowest BCUT2D eigenvalue weighted by molar-refractivity contribution is 0.0581. The fourth-order valence-electron chi connectivity index (χ4n) is 2.37. The predicted octanol–water partition coefficient (Wildman–Crippen LogP) is 3.33. The Labute approximate surface area is 145 Å². The van der Waals surface area contributed by atoms with Gasteiger partial charge in [-0.3, -0.25) is 4.79 Å². The topological polar surface area (TPSA) is 53.3 Å². The zero-order valence-electron chi connectivity index (χ0n) is 13.7. The highest BCUT2D eigenvalue weighted by molar-refractivity contribution is 5.94. The summed E-state index contributed by atoms with van der Waals surface area (Å²) in [6.07, 6.45) is 0. The number of benzene rings is 2. The molecule has 1 unspecified atom stereocenters. The summed E-state index contributed by atoms with van der Waals surface area (Å²) >= 11 is 0. The Morgan fingerprint density at radius 3 is 2.72 bits per heavy atom. The summed E-state index contributed by atoms with van der Waals surface area (Å²) in [5.41, 5.74) is 0.786. The van der Waals surface area contributed by atoms with Crippen LogP contribution in [0.4, 0.5) is 8.78 Å². The number of nitrogens with zero attached hydrogens (tertiary/aromatic N) is 2. The minimum absolute atomic E-state index is 0.0980. The van der Waals surface area contributed by atoms with Crippen LogP contribution in [0.25, 0.3) is 0 Å². The third-order valence-corrected chi connectivity index (χ3v) is 3.66.